The van der Waals surface area contributed by atoms with Crippen molar-refractivity contribution in [3.05, 3.63) is 0 Å². The molecule has 0 aromatic carbocycles. The molecule has 0 bridgehead atoms. The third kappa shape index (κ3) is 1.71. The standard InChI is InChI=1S/C10H19N3O/c1-3-13-7-9(11-10(13)14)8-4-5-12(2)6-8/h8-9H,3-7H2,1-2H3,(H,11,14). The van der Waals surface area contributed by atoms with E-state index in [1.807, 2.05) is 11.8 Å². The van der Waals surface area contributed by atoms with E-state index in [1.54, 1.807) is 0 Å². The Morgan fingerprint density at radius 3 is 2.79 bits per heavy atom. The highest BCUT2D eigenvalue weighted by Gasteiger charge is 2.35. The monoisotopic (exact) mass is 197 g/mol. The van der Waals surface area contributed by atoms with Crippen molar-refractivity contribution in [1.82, 2.24) is 15.1 Å². The van der Waals surface area contributed by atoms with E-state index < -0.39 is 0 Å². The van der Waals surface area contributed by atoms with Gasteiger partial charge in [0.05, 0.1) is 6.04 Å². The van der Waals surface area contributed by atoms with E-state index in [1.165, 1.54) is 13.0 Å². The summed E-state index contributed by atoms with van der Waals surface area (Å²) in [6, 6.07) is 0.499. The fourth-order valence-electron chi connectivity index (χ4n) is 2.45. The number of urea groups is 1. The second-order valence-corrected chi connectivity index (χ2v) is 4.41. The molecule has 0 aromatic rings. The van der Waals surface area contributed by atoms with Crippen LogP contribution in [-0.2, 0) is 0 Å². The molecule has 14 heavy (non-hydrogen) atoms. The first-order valence-electron chi connectivity index (χ1n) is 5.44. The second kappa shape index (κ2) is 3.77. The predicted molar refractivity (Wildman–Crippen MR) is 55.2 cm³/mol. The Hall–Kier alpha value is -0.770. The summed E-state index contributed by atoms with van der Waals surface area (Å²) < 4.78 is 0. The van der Waals surface area contributed by atoms with Crippen LogP contribution in [0.25, 0.3) is 0 Å². The Morgan fingerprint density at radius 1 is 1.50 bits per heavy atom. The third-order valence-electron chi connectivity index (χ3n) is 3.39. The Balaban J connectivity index is 1.91. The van der Waals surface area contributed by atoms with E-state index in [0.29, 0.717) is 12.0 Å². The molecule has 0 aliphatic carbocycles. The zero-order chi connectivity index (χ0) is 10.1. The maximum atomic E-state index is 11.5. The lowest BCUT2D eigenvalue weighted by molar-refractivity contribution is 0.219. The number of rotatable bonds is 2. The SMILES string of the molecule is CCN1CC(C2CCN(C)C2)NC1=O. The molecule has 2 amide bonds. The van der Waals surface area contributed by atoms with E-state index >= 15 is 0 Å². The van der Waals surface area contributed by atoms with Crippen molar-refractivity contribution in [1.29, 1.82) is 0 Å². The topological polar surface area (TPSA) is 35.6 Å². The quantitative estimate of drug-likeness (QED) is 0.693. The molecule has 0 aromatic heterocycles. The van der Waals surface area contributed by atoms with Gasteiger partial charge in [0.15, 0.2) is 0 Å². The van der Waals surface area contributed by atoms with Crippen LogP contribution in [0, 0.1) is 5.92 Å². The number of nitrogens with zero attached hydrogens (tertiary/aromatic N) is 2. The molecule has 0 saturated carbocycles. The summed E-state index contributed by atoms with van der Waals surface area (Å²) in [5.74, 6) is 0.653. The van der Waals surface area contributed by atoms with Gasteiger partial charge in [-0.05, 0) is 32.9 Å². The van der Waals surface area contributed by atoms with Crippen molar-refractivity contribution in [2.75, 3.05) is 33.2 Å². The minimum absolute atomic E-state index is 0.118. The van der Waals surface area contributed by atoms with E-state index in [4.69, 9.17) is 0 Å². The number of amides is 2. The maximum Gasteiger partial charge on any atom is 0.317 e. The summed E-state index contributed by atoms with van der Waals surface area (Å²) in [5.41, 5.74) is 0. The summed E-state index contributed by atoms with van der Waals surface area (Å²) in [6.45, 7) is 6.05. The normalized spacial score (nSPS) is 33.9. The van der Waals surface area contributed by atoms with Crippen LogP contribution in [0.2, 0.25) is 0 Å². The van der Waals surface area contributed by atoms with Crippen LogP contribution in [0.3, 0.4) is 0 Å². The highest BCUT2D eigenvalue weighted by Crippen LogP contribution is 2.21. The number of hydrogen-bond donors (Lipinski definition) is 1. The zero-order valence-electron chi connectivity index (χ0n) is 8.99. The lowest BCUT2D eigenvalue weighted by Crippen LogP contribution is -2.35. The van der Waals surface area contributed by atoms with Gasteiger partial charge in [-0.25, -0.2) is 4.79 Å². The summed E-state index contributed by atoms with van der Waals surface area (Å²) in [5, 5.41) is 3.08. The number of carbonyl (C=O) groups is 1. The van der Waals surface area contributed by atoms with Gasteiger partial charge in [0, 0.05) is 19.6 Å². The molecular formula is C10H19N3O. The van der Waals surface area contributed by atoms with Crippen molar-refractivity contribution in [2.24, 2.45) is 5.92 Å². The first-order chi connectivity index (χ1) is 6.70. The molecule has 2 rings (SSSR count). The average Bonchev–Trinajstić information content (AvgIpc) is 2.71. The summed E-state index contributed by atoms with van der Waals surface area (Å²) in [7, 11) is 2.15. The molecule has 2 aliphatic rings. The number of nitrogens with one attached hydrogen (secondary N) is 1. The van der Waals surface area contributed by atoms with Crippen molar-refractivity contribution in [3.8, 4) is 0 Å². The summed E-state index contributed by atoms with van der Waals surface area (Å²) >= 11 is 0. The molecule has 2 saturated heterocycles. The molecule has 0 radical (unpaired) electrons. The van der Waals surface area contributed by atoms with Crippen LogP contribution in [0.1, 0.15) is 13.3 Å². The summed E-state index contributed by atoms with van der Waals surface area (Å²) in [6.07, 6.45) is 1.22. The fourth-order valence-corrected chi connectivity index (χ4v) is 2.45. The minimum Gasteiger partial charge on any atom is -0.333 e. The van der Waals surface area contributed by atoms with Gasteiger partial charge in [-0.15, -0.1) is 0 Å². The van der Waals surface area contributed by atoms with Gasteiger partial charge in [-0.2, -0.15) is 0 Å². The van der Waals surface area contributed by atoms with Gasteiger partial charge < -0.3 is 15.1 Å². The molecule has 2 unspecified atom stereocenters. The lowest BCUT2D eigenvalue weighted by Gasteiger charge is -2.17. The molecule has 4 nitrogen and oxygen atoms in total. The predicted octanol–water partition coefficient (Wildman–Crippen LogP) is 0.352. The fraction of sp³-hybridized carbons (Fsp3) is 0.900. The van der Waals surface area contributed by atoms with Crippen LogP contribution >= 0.6 is 0 Å². The zero-order valence-corrected chi connectivity index (χ0v) is 8.99. The highest BCUT2D eigenvalue weighted by atomic mass is 16.2. The molecule has 2 fully saturated rings. The molecule has 80 valence electrons. The van der Waals surface area contributed by atoms with Crippen LogP contribution in [0.15, 0.2) is 0 Å². The van der Waals surface area contributed by atoms with E-state index in [-0.39, 0.29) is 6.03 Å². The number of hydrogen-bond acceptors (Lipinski definition) is 2. The molecule has 2 aliphatic heterocycles. The van der Waals surface area contributed by atoms with E-state index in [9.17, 15) is 4.79 Å². The van der Waals surface area contributed by atoms with E-state index in [2.05, 4.69) is 17.3 Å². The van der Waals surface area contributed by atoms with E-state index in [0.717, 1.165) is 19.6 Å². The number of likely N-dealkylation sites (N-methyl/N-ethyl adjacent to an activating group) is 1. The maximum absolute atomic E-state index is 11.5. The highest BCUT2D eigenvalue weighted by molar-refractivity contribution is 5.76. The van der Waals surface area contributed by atoms with Gasteiger partial charge in [-0.3, -0.25) is 0 Å². The largest absolute Gasteiger partial charge is 0.333 e. The first kappa shape index (κ1) is 9.77. The third-order valence-corrected chi connectivity index (χ3v) is 3.39. The van der Waals surface area contributed by atoms with Crippen molar-refractivity contribution < 1.29 is 4.79 Å². The summed E-state index contributed by atoms with van der Waals surface area (Å²) in [4.78, 5) is 15.7. The van der Waals surface area contributed by atoms with Crippen LogP contribution < -0.4 is 5.32 Å². The molecule has 2 atom stereocenters. The molecule has 0 spiro atoms. The smallest absolute Gasteiger partial charge is 0.317 e. The van der Waals surface area contributed by atoms with Crippen LogP contribution in [-0.4, -0.2) is 55.1 Å². The van der Waals surface area contributed by atoms with Crippen molar-refractivity contribution in [2.45, 2.75) is 19.4 Å². The molecule has 4 heteroatoms. The van der Waals surface area contributed by atoms with Gasteiger partial charge in [-0.1, -0.05) is 0 Å². The Morgan fingerprint density at radius 2 is 2.29 bits per heavy atom. The first-order valence-corrected chi connectivity index (χ1v) is 5.44. The number of likely N-dealkylation sites (tertiary alicyclic amines) is 1. The van der Waals surface area contributed by atoms with Crippen LogP contribution in [0.5, 0.6) is 0 Å². The number of carbonyl (C=O) groups excluding carboxylic acids is 1. The van der Waals surface area contributed by atoms with Gasteiger partial charge in [0.25, 0.3) is 0 Å². The lowest BCUT2D eigenvalue weighted by atomic mass is 10.00. The Bertz CT molecular complexity index is 231. The Kier molecular flexibility index (Phi) is 2.63. The molecule has 1 N–H and O–H groups in total. The van der Waals surface area contributed by atoms with Gasteiger partial charge >= 0.3 is 6.03 Å². The van der Waals surface area contributed by atoms with Crippen LogP contribution in [0.4, 0.5) is 4.79 Å². The molecule has 2 heterocycles. The van der Waals surface area contributed by atoms with Crippen molar-refractivity contribution in [3.63, 3.8) is 0 Å². The molecular weight excluding hydrogens is 178 g/mol. The van der Waals surface area contributed by atoms with Gasteiger partial charge in [0.1, 0.15) is 0 Å². The Labute approximate surface area is 85.2 Å². The van der Waals surface area contributed by atoms with Gasteiger partial charge in [0.2, 0.25) is 0 Å². The average molecular weight is 197 g/mol. The van der Waals surface area contributed by atoms with Crippen molar-refractivity contribution >= 4 is 6.03 Å². The minimum atomic E-state index is 0.118. The second-order valence-electron chi connectivity index (χ2n) is 4.41.